The van der Waals surface area contributed by atoms with Gasteiger partial charge in [-0.2, -0.15) is 13.2 Å². The minimum atomic E-state index is -4.29. The van der Waals surface area contributed by atoms with E-state index in [0.29, 0.717) is 19.0 Å². The van der Waals surface area contributed by atoms with Gasteiger partial charge in [0.05, 0.1) is 5.75 Å². The van der Waals surface area contributed by atoms with Crippen LogP contribution < -0.4 is 0 Å². The second kappa shape index (κ2) is 6.43. The second-order valence-electron chi connectivity index (χ2n) is 4.53. The highest BCUT2D eigenvalue weighted by atomic mass is 35.5. The van der Waals surface area contributed by atoms with Crippen LogP contribution in [0.2, 0.25) is 0 Å². The summed E-state index contributed by atoms with van der Waals surface area (Å²) >= 11 is 5.58. The third-order valence-corrected chi connectivity index (χ3v) is 5.16. The fourth-order valence-corrected chi connectivity index (χ4v) is 3.92. The molecule has 1 saturated heterocycles. The molecule has 108 valence electrons. The van der Waals surface area contributed by atoms with E-state index < -0.39 is 28.4 Å². The zero-order chi connectivity index (χ0) is 13.8. The Morgan fingerprint density at radius 1 is 1.33 bits per heavy atom. The Labute approximate surface area is 110 Å². The van der Waals surface area contributed by atoms with E-state index in [-0.39, 0.29) is 12.3 Å². The van der Waals surface area contributed by atoms with E-state index in [9.17, 15) is 21.6 Å². The molecule has 0 bridgehead atoms. The Morgan fingerprint density at radius 2 is 2.00 bits per heavy atom. The van der Waals surface area contributed by atoms with Gasteiger partial charge in [0.1, 0.15) is 0 Å². The van der Waals surface area contributed by atoms with Crippen molar-refractivity contribution in [3.05, 3.63) is 0 Å². The Morgan fingerprint density at radius 3 is 2.56 bits per heavy atom. The minimum Gasteiger partial charge on any atom is -0.212 e. The van der Waals surface area contributed by atoms with Crippen LogP contribution in [-0.4, -0.2) is 43.6 Å². The Balaban J connectivity index is 2.40. The first kappa shape index (κ1) is 16.0. The van der Waals surface area contributed by atoms with Crippen LogP contribution in [0.15, 0.2) is 0 Å². The number of hydrogen-bond acceptors (Lipinski definition) is 2. The molecule has 1 aliphatic rings. The number of halogens is 4. The molecule has 1 fully saturated rings. The van der Waals surface area contributed by atoms with Crippen molar-refractivity contribution in [1.29, 1.82) is 0 Å². The molecular formula is C10H17ClF3NO2S. The molecule has 1 aliphatic heterocycles. The average molecular weight is 308 g/mol. The predicted molar refractivity (Wildman–Crippen MR) is 64.1 cm³/mol. The fraction of sp³-hybridized carbons (Fsp3) is 1.00. The van der Waals surface area contributed by atoms with Gasteiger partial charge in [0, 0.05) is 25.4 Å². The van der Waals surface area contributed by atoms with Crippen molar-refractivity contribution < 1.29 is 21.6 Å². The van der Waals surface area contributed by atoms with Gasteiger partial charge in [-0.15, -0.1) is 11.6 Å². The summed E-state index contributed by atoms with van der Waals surface area (Å²) in [5.41, 5.74) is 0. The van der Waals surface area contributed by atoms with Crippen LogP contribution in [0, 0.1) is 5.92 Å². The van der Waals surface area contributed by atoms with Gasteiger partial charge in [-0.25, -0.2) is 12.7 Å². The highest BCUT2D eigenvalue weighted by Gasteiger charge is 2.32. The van der Waals surface area contributed by atoms with Crippen LogP contribution in [0.3, 0.4) is 0 Å². The first-order chi connectivity index (χ1) is 8.24. The molecule has 0 aromatic heterocycles. The topological polar surface area (TPSA) is 37.4 Å². The maximum atomic E-state index is 11.9. The van der Waals surface area contributed by atoms with E-state index in [2.05, 4.69) is 0 Å². The molecule has 0 aliphatic carbocycles. The van der Waals surface area contributed by atoms with Gasteiger partial charge in [-0.3, -0.25) is 0 Å². The monoisotopic (exact) mass is 307 g/mol. The van der Waals surface area contributed by atoms with Gasteiger partial charge < -0.3 is 0 Å². The summed E-state index contributed by atoms with van der Waals surface area (Å²) in [5, 5.41) is 0. The number of nitrogens with zero attached hydrogens (tertiary/aromatic N) is 1. The van der Waals surface area contributed by atoms with Gasteiger partial charge >= 0.3 is 6.18 Å². The molecule has 3 nitrogen and oxygen atoms in total. The van der Waals surface area contributed by atoms with Crippen LogP contribution >= 0.6 is 11.6 Å². The molecule has 8 heteroatoms. The van der Waals surface area contributed by atoms with Crippen molar-refractivity contribution in [1.82, 2.24) is 4.31 Å². The Bertz CT molecular complexity index is 359. The van der Waals surface area contributed by atoms with Crippen LogP contribution in [0.25, 0.3) is 0 Å². The lowest BCUT2D eigenvalue weighted by atomic mass is 10.1. The van der Waals surface area contributed by atoms with Crippen LogP contribution in [-0.2, 0) is 10.0 Å². The summed E-state index contributed by atoms with van der Waals surface area (Å²) in [6.45, 7) is 0.789. The summed E-state index contributed by atoms with van der Waals surface area (Å²) in [7, 11) is -3.54. The molecule has 0 spiro atoms. The van der Waals surface area contributed by atoms with Crippen LogP contribution in [0.4, 0.5) is 13.2 Å². The third-order valence-electron chi connectivity index (χ3n) is 3.02. The van der Waals surface area contributed by atoms with Gasteiger partial charge in [0.15, 0.2) is 0 Å². The molecule has 1 heterocycles. The normalized spacial score (nSPS) is 22.6. The zero-order valence-electron chi connectivity index (χ0n) is 9.92. The quantitative estimate of drug-likeness (QED) is 0.707. The number of alkyl halides is 4. The van der Waals surface area contributed by atoms with E-state index in [4.69, 9.17) is 11.6 Å². The SMILES string of the molecule is O=S(=O)(CCCC(F)(F)F)N1CCC(CCCl)C1. The van der Waals surface area contributed by atoms with Crippen molar-refractivity contribution in [3.63, 3.8) is 0 Å². The summed E-state index contributed by atoms with van der Waals surface area (Å²) < 4.78 is 60.7. The fourth-order valence-electron chi connectivity index (χ4n) is 2.02. The van der Waals surface area contributed by atoms with Crippen molar-refractivity contribution in [2.75, 3.05) is 24.7 Å². The maximum absolute atomic E-state index is 11.9. The van der Waals surface area contributed by atoms with Crippen molar-refractivity contribution in [3.8, 4) is 0 Å². The van der Waals surface area contributed by atoms with E-state index in [1.54, 1.807) is 0 Å². The Hall–Kier alpha value is -0.0100. The van der Waals surface area contributed by atoms with Gasteiger partial charge in [-0.05, 0) is 25.2 Å². The average Bonchev–Trinajstić information content (AvgIpc) is 2.65. The number of sulfonamides is 1. The molecule has 18 heavy (non-hydrogen) atoms. The molecule has 0 saturated carbocycles. The molecule has 1 unspecified atom stereocenters. The summed E-state index contributed by atoms with van der Waals surface area (Å²) in [6, 6.07) is 0. The maximum Gasteiger partial charge on any atom is 0.389 e. The summed E-state index contributed by atoms with van der Waals surface area (Å²) in [6.07, 6.45) is -4.23. The molecule has 1 atom stereocenters. The van der Waals surface area contributed by atoms with E-state index >= 15 is 0 Å². The highest BCUT2D eigenvalue weighted by molar-refractivity contribution is 7.89. The molecule has 0 aromatic carbocycles. The Kier molecular flexibility index (Phi) is 5.73. The number of hydrogen-bond donors (Lipinski definition) is 0. The molecule has 0 N–H and O–H groups in total. The first-order valence-electron chi connectivity index (χ1n) is 5.85. The van der Waals surface area contributed by atoms with Crippen molar-refractivity contribution in [2.45, 2.75) is 31.9 Å². The van der Waals surface area contributed by atoms with Crippen molar-refractivity contribution in [2.24, 2.45) is 5.92 Å². The van der Waals surface area contributed by atoms with Gasteiger partial charge in [0.25, 0.3) is 0 Å². The first-order valence-corrected chi connectivity index (χ1v) is 7.99. The zero-order valence-corrected chi connectivity index (χ0v) is 11.5. The van der Waals surface area contributed by atoms with E-state index in [0.717, 1.165) is 12.8 Å². The molecule has 1 rings (SSSR count). The number of rotatable bonds is 6. The smallest absolute Gasteiger partial charge is 0.212 e. The second-order valence-corrected chi connectivity index (χ2v) is 6.99. The van der Waals surface area contributed by atoms with Crippen LogP contribution in [0.5, 0.6) is 0 Å². The summed E-state index contributed by atoms with van der Waals surface area (Å²) in [5.74, 6) is 0.284. The molecule has 0 radical (unpaired) electrons. The lowest BCUT2D eigenvalue weighted by molar-refractivity contribution is -0.134. The van der Waals surface area contributed by atoms with E-state index in [1.165, 1.54) is 4.31 Å². The predicted octanol–water partition coefficient (Wildman–Crippen LogP) is 2.61. The molecular weight excluding hydrogens is 291 g/mol. The van der Waals surface area contributed by atoms with Crippen molar-refractivity contribution >= 4 is 21.6 Å². The lowest BCUT2D eigenvalue weighted by Crippen LogP contribution is -2.31. The minimum absolute atomic E-state index is 0.236. The van der Waals surface area contributed by atoms with Gasteiger partial charge in [0.2, 0.25) is 10.0 Å². The lowest BCUT2D eigenvalue weighted by Gasteiger charge is -2.16. The molecule has 0 aromatic rings. The molecule has 0 amide bonds. The van der Waals surface area contributed by atoms with Gasteiger partial charge in [-0.1, -0.05) is 0 Å². The third kappa shape index (κ3) is 5.32. The largest absolute Gasteiger partial charge is 0.389 e. The van der Waals surface area contributed by atoms with Crippen LogP contribution in [0.1, 0.15) is 25.7 Å². The summed E-state index contributed by atoms with van der Waals surface area (Å²) in [4.78, 5) is 0. The highest BCUT2D eigenvalue weighted by Crippen LogP contribution is 2.25. The van der Waals surface area contributed by atoms with E-state index in [1.807, 2.05) is 0 Å². The standard InChI is InChI=1S/C10H17ClF3NO2S/c11-5-2-9-3-6-15(8-9)18(16,17)7-1-4-10(12,13)14/h9H,1-8H2.